The lowest BCUT2D eigenvalue weighted by Crippen LogP contribution is -2.02. The van der Waals surface area contributed by atoms with Gasteiger partial charge in [-0.3, -0.25) is 0 Å². The lowest BCUT2D eigenvalue weighted by molar-refractivity contribution is 0.0695. The highest BCUT2D eigenvalue weighted by molar-refractivity contribution is 7.93. The zero-order valence-electron chi connectivity index (χ0n) is 10.3. The number of sulfone groups is 1. The number of nitrogens with two attached hydrogens (primary N) is 1. The van der Waals surface area contributed by atoms with Crippen LogP contribution in [0.4, 0.5) is 0 Å². The zero-order chi connectivity index (χ0) is 14.2. The number of hydrogen-bond acceptors (Lipinski definition) is 7. The van der Waals surface area contributed by atoms with Gasteiger partial charge in [0.2, 0.25) is 19.2 Å². The number of aromatic nitrogens is 2. The van der Waals surface area contributed by atoms with Gasteiger partial charge >= 0.3 is 5.97 Å². The molecule has 0 fully saturated rings. The summed E-state index contributed by atoms with van der Waals surface area (Å²) in [5.41, 5.74) is 5.14. The molecule has 0 aliphatic rings. The second-order valence-corrected chi connectivity index (χ2v) is 6.65. The Balaban J connectivity index is 0.000000494. The minimum absolute atomic E-state index is 0.110. The van der Waals surface area contributed by atoms with Crippen LogP contribution >= 0.6 is 11.3 Å². The van der Waals surface area contributed by atoms with Crippen molar-refractivity contribution < 1.29 is 18.3 Å². The number of unbranched alkanes of at least 4 members (excludes halogenated alkanes) is 1. The Hall–Kier alpha value is -1.06. The maximum absolute atomic E-state index is 11.2. The Morgan fingerprint density at radius 1 is 1.39 bits per heavy atom. The van der Waals surface area contributed by atoms with Crippen molar-refractivity contribution in [1.82, 2.24) is 10.2 Å². The third kappa shape index (κ3) is 5.52. The van der Waals surface area contributed by atoms with Crippen molar-refractivity contribution in [2.45, 2.75) is 31.0 Å². The highest BCUT2D eigenvalue weighted by Gasteiger charge is 2.20. The van der Waals surface area contributed by atoms with E-state index in [0.717, 1.165) is 6.54 Å². The van der Waals surface area contributed by atoms with E-state index in [1.165, 1.54) is 19.8 Å². The normalized spacial score (nSPS) is 10.6. The summed E-state index contributed by atoms with van der Waals surface area (Å²) < 4.78 is 22.1. The maximum Gasteiger partial charge on any atom is 0.367 e. The molecule has 0 bridgehead atoms. The molecule has 1 heterocycles. The van der Waals surface area contributed by atoms with Gasteiger partial charge in [-0.05, 0) is 13.0 Å². The summed E-state index contributed by atoms with van der Waals surface area (Å²) in [5, 5.41) is 14.6. The van der Waals surface area contributed by atoms with Gasteiger partial charge in [-0.1, -0.05) is 31.6 Å². The molecule has 1 rings (SSSR count). The Bertz CT molecular complexity index is 468. The Morgan fingerprint density at radius 3 is 2.28 bits per heavy atom. The molecule has 0 unspecified atom stereocenters. The summed E-state index contributed by atoms with van der Waals surface area (Å²) in [4.78, 5) is 10.3. The van der Waals surface area contributed by atoms with Crippen LogP contribution in [0.1, 0.15) is 36.5 Å². The van der Waals surface area contributed by atoms with Crippen molar-refractivity contribution in [2.75, 3.05) is 12.3 Å². The van der Waals surface area contributed by atoms with Crippen molar-refractivity contribution in [3.63, 3.8) is 0 Å². The number of carbonyl (C=O) groups is 1. The molecule has 0 amide bonds. The standard InChI is InChI=1S/C5H6N2O4S2.C4H11N/c1-2-13(10,11)5-7-6-3(12-5)4(8)9;1-2-3-4-5/h2H2,1H3,(H,8,9);2-5H2,1H3. The minimum Gasteiger partial charge on any atom is -0.476 e. The van der Waals surface area contributed by atoms with Crippen molar-refractivity contribution in [2.24, 2.45) is 5.73 Å². The van der Waals surface area contributed by atoms with Crippen LogP contribution in [-0.2, 0) is 9.84 Å². The highest BCUT2D eigenvalue weighted by atomic mass is 32.2. The smallest absolute Gasteiger partial charge is 0.367 e. The van der Waals surface area contributed by atoms with Crippen LogP contribution in [0.25, 0.3) is 0 Å². The molecule has 0 aromatic carbocycles. The molecule has 0 atom stereocenters. The van der Waals surface area contributed by atoms with Crippen molar-refractivity contribution in [3.8, 4) is 0 Å². The largest absolute Gasteiger partial charge is 0.476 e. The molecular formula is C9H17N3O4S2. The van der Waals surface area contributed by atoms with Gasteiger partial charge in [-0.15, -0.1) is 10.2 Å². The first-order valence-corrected chi connectivity index (χ1v) is 7.85. The second kappa shape index (κ2) is 8.11. The van der Waals surface area contributed by atoms with E-state index in [-0.39, 0.29) is 15.1 Å². The van der Waals surface area contributed by atoms with Gasteiger partial charge in [0, 0.05) is 0 Å². The Kier molecular flexibility index (Phi) is 7.64. The molecule has 0 spiro atoms. The lowest BCUT2D eigenvalue weighted by atomic mass is 10.3. The monoisotopic (exact) mass is 295 g/mol. The summed E-state index contributed by atoms with van der Waals surface area (Å²) in [5.74, 6) is -1.38. The summed E-state index contributed by atoms with van der Waals surface area (Å²) in [6.07, 6.45) is 2.39. The minimum atomic E-state index is -3.43. The predicted molar refractivity (Wildman–Crippen MR) is 68.6 cm³/mol. The molecule has 18 heavy (non-hydrogen) atoms. The summed E-state index contributed by atoms with van der Waals surface area (Å²) >= 11 is 0.563. The molecule has 104 valence electrons. The molecule has 0 aliphatic heterocycles. The van der Waals surface area contributed by atoms with Crippen LogP contribution in [0.3, 0.4) is 0 Å². The van der Waals surface area contributed by atoms with E-state index in [0.29, 0.717) is 11.3 Å². The van der Waals surface area contributed by atoms with E-state index < -0.39 is 15.8 Å². The van der Waals surface area contributed by atoms with E-state index >= 15 is 0 Å². The van der Waals surface area contributed by atoms with Gasteiger partial charge in [0.05, 0.1) is 5.75 Å². The van der Waals surface area contributed by atoms with Crippen LogP contribution in [0, 0.1) is 0 Å². The summed E-state index contributed by atoms with van der Waals surface area (Å²) in [7, 11) is -3.43. The van der Waals surface area contributed by atoms with E-state index in [1.807, 2.05) is 0 Å². The van der Waals surface area contributed by atoms with E-state index in [9.17, 15) is 13.2 Å². The first-order valence-electron chi connectivity index (χ1n) is 5.38. The number of nitrogens with zero attached hydrogens (tertiary/aromatic N) is 2. The molecule has 9 heteroatoms. The summed E-state index contributed by atoms with van der Waals surface area (Å²) in [6, 6.07) is 0. The molecular weight excluding hydrogens is 278 g/mol. The number of carboxylic acid groups (broad SMARTS) is 1. The van der Waals surface area contributed by atoms with Gasteiger partial charge in [-0.2, -0.15) is 0 Å². The number of hydrogen-bond donors (Lipinski definition) is 2. The third-order valence-corrected chi connectivity index (χ3v) is 4.88. The molecule has 7 nitrogen and oxygen atoms in total. The Labute approximate surface area is 110 Å². The molecule has 1 aromatic rings. The fourth-order valence-electron chi connectivity index (χ4n) is 0.749. The molecule has 0 saturated heterocycles. The van der Waals surface area contributed by atoms with Gasteiger partial charge in [0.25, 0.3) is 0 Å². The molecule has 0 radical (unpaired) electrons. The van der Waals surface area contributed by atoms with Crippen LogP contribution < -0.4 is 5.73 Å². The average Bonchev–Trinajstić information content (AvgIpc) is 2.81. The van der Waals surface area contributed by atoms with Crippen LogP contribution in [0.15, 0.2) is 4.34 Å². The highest BCUT2D eigenvalue weighted by Crippen LogP contribution is 2.16. The zero-order valence-corrected chi connectivity index (χ0v) is 11.9. The van der Waals surface area contributed by atoms with E-state index in [4.69, 9.17) is 10.8 Å². The van der Waals surface area contributed by atoms with E-state index in [2.05, 4.69) is 17.1 Å². The topological polar surface area (TPSA) is 123 Å². The number of carboxylic acids is 1. The van der Waals surface area contributed by atoms with Crippen LogP contribution in [0.5, 0.6) is 0 Å². The van der Waals surface area contributed by atoms with Gasteiger partial charge < -0.3 is 10.8 Å². The number of rotatable bonds is 5. The van der Waals surface area contributed by atoms with Crippen LogP contribution in [-0.4, -0.2) is 42.0 Å². The summed E-state index contributed by atoms with van der Waals surface area (Å²) in [6.45, 7) is 4.43. The SMILES string of the molecule is CCCCN.CCS(=O)(=O)c1nnc(C(=O)O)s1. The van der Waals surface area contributed by atoms with Crippen molar-refractivity contribution in [3.05, 3.63) is 5.01 Å². The van der Waals surface area contributed by atoms with Gasteiger partial charge in [0.15, 0.2) is 0 Å². The van der Waals surface area contributed by atoms with Crippen molar-refractivity contribution >= 4 is 27.1 Å². The average molecular weight is 295 g/mol. The van der Waals surface area contributed by atoms with Crippen molar-refractivity contribution in [1.29, 1.82) is 0 Å². The molecule has 0 saturated carbocycles. The molecule has 0 aliphatic carbocycles. The fourth-order valence-corrected chi connectivity index (χ4v) is 2.68. The molecule has 1 aromatic heterocycles. The third-order valence-electron chi connectivity index (χ3n) is 1.79. The first-order chi connectivity index (χ1) is 8.38. The maximum atomic E-state index is 11.2. The second-order valence-electron chi connectivity index (χ2n) is 3.22. The quantitative estimate of drug-likeness (QED) is 0.822. The Morgan fingerprint density at radius 2 is 2.00 bits per heavy atom. The first kappa shape index (κ1) is 16.9. The predicted octanol–water partition coefficient (Wildman–Crippen LogP) is 0.775. The lowest BCUT2D eigenvalue weighted by Gasteiger charge is -1.90. The van der Waals surface area contributed by atoms with Crippen LogP contribution in [0.2, 0.25) is 0 Å². The number of aromatic carboxylic acids is 1. The fraction of sp³-hybridized carbons (Fsp3) is 0.667. The van der Waals surface area contributed by atoms with E-state index in [1.54, 1.807) is 0 Å². The van der Waals surface area contributed by atoms with Gasteiger partial charge in [-0.25, -0.2) is 13.2 Å². The van der Waals surface area contributed by atoms with Gasteiger partial charge in [0.1, 0.15) is 0 Å². The molecule has 3 N–H and O–H groups in total.